The molecule has 0 unspecified atom stereocenters. The van der Waals surface area contributed by atoms with Crippen molar-refractivity contribution in [3.8, 4) is 0 Å². The fourth-order valence-corrected chi connectivity index (χ4v) is 1.13. The summed E-state index contributed by atoms with van der Waals surface area (Å²) in [6.07, 6.45) is 4.16. The van der Waals surface area contributed by atoms with Gasteiger partial charge in [0.2, 0.25) is 0 Å². The van der Waals surface area contributed by atoms with Crippen LogP contribution in [0.25, 0.3) is 0 Å². The van der Waals surface area contributed by atoms with Crippen LogP contribution in [-0.4, -0.2) is 16.6 Å². The Morgan fingerprint density at radius 3 is 2.33 bits per heavy atom. The molecular weight excluding hydrogens is 154 g/mol. The molecule has 1 atom stereocenters. The maximum atomic E-state index is 10.7. The lowest BCUT2D eigenvalue weighted by molar-refractivity contribution is -0.143. The average Bonchev–Trinajstić information content (AvgIpc) is 2.04. The van der Waals surface area contributed by atoms with Gasteiger partial charge in [0.05, 0.1) is 0 Å². The van der Waals surface area contributed by atoms with Gasteiger partial charge in [0.25, 0.3) is 0 Å². The predicted octanol–water partition coefficient (Wildman–Crippen LogP) is 1.76. The van der Waals surface area contributed by atoms with Gasteiger partial charge in [-0.2, -0.15) is 0 Å². The number of carboxylic acids is 1. The van der Waals surface area contributed by atoms with E-state index in [1.807, 2.05) is 6.92 Å². The number of aliphatic carboxylic acids is 1. The molecule has 0 aromatic rings. The molecule has 0 aliphatic rings. The van der Waals surface area contributed by atoms with E-state index in [9.17, 15) is 4.79 Å². The average molecular weight is 173 g/mol. The van der Waals surface area contributed by atoms with Crippen molar-refractivity contribution in [2.24, 2.45) is 5.73 Å². The third-order valence-corrected chi connectivity index (χ3v) is 2.28. The molecular formula is C9H19NO2. The summed E-state index contributed by atoms with van der Waals surface area (Å²) in [5.41, 5.74) is 4.69. The van der Waals surface area contributed by atoms with E-state index >= 15 is 0 Å². The molecule has 72 valence electrons. The van der Waals surface area contributed by atoms with Gasteiger partial charge >= 0.3 is 5.97 Å². The summed E-state index contributed by atoms with van der Waals surface area (Å²) in [5.74, 6) is -0.874. The Balaban J connectivity index is 3.88. The fraction of sp³-hybridized carbons (Fsp3) is 0.889. The number of rotatable bonds is 6. The van der Waals surface area contributed by atoms with Gasteiger partial charge in [0, 0.05) is 0 Å². The van der Waals surface area contributed by atoms with Gasteiger partial charge < -0.3 is 10.8 Å². The standard InChI is InChI=1S/C9H19NO2/c1-3-5-6-7-9(10,4-2)8(11)12/h3-7,10H2,1-2H3,(H,11,12)/t9-/m1/s1. The number of carboxylic acid groups (broad SMARTS) is 1. The second-order valence-corrected chi connectivity index (χ2v) is 3.27. The highest BCUT2D eigenvalue weighted by Crippen LogP contribution is 2.16. The molecule has 0 aromatic carbocycles. The first kappa shape index (κ1) is 11.4. The number of carbonyl (C=O) groups is 1. The van der Waals surface area contributed by atoms with Crippen molar-refractivity contribution in [1.29, 1.82) is 0 Å². The van der Waals surface area contributed by atoms with Crippen molar-refractivity contribution < 1.29 is 9.90 Å². The van der Waals surface area contributed by atoms with Crippen molar-refractivity contribution in [2.45, 2.75) is 51.5 Å². The van der Waals surface area contributed by atoms with Crippen LogP contribution in [0.5, 0.6) is 0 Å². The Labute approximate surface area is 74.0 Å². The Morgan fingerprint density at radius 2 is 2.00 bits per heavy atom. The fourth-order valence-electron chi connectivity index (χ4n) is 1.13. The molecule has 0 bridgehead atoms. The minimum atomic E-state index is -0.991. The highest BCUT2D eigenvalue weighted by molar-refractivity contribution is 5.78. The third-order valence-electron chi connectivity index (χ3n) is 2.28. The van der Waals surface area contributed by atoms with Crippen LogP contribution in [0.4, 0.5) is 0 Å². The molecule has 0 aliphatic carbocycles. The summed E-state index contributed by atoms with van der Waals surface area (Å²) in [6.45, 7) is 3.91. The first-order valence-corrected chi connectivity index (χ1v) is 4.59. The summed E-state index contributed by atoms with van der Waals surface area (Å²) < 4.78 is 0. The summed E-state index contributed by atoms with van der Waals surface area (Å²) in [5, 5.41) is 8.81. The predicted molar refractivity (Wildman–Crippen MR) is 49.0 cm³/mol. The molecule has 0 heterocycles. The second kappa shape index (κ2) is 5.14. The van der Waals surface area contributed by atoms with Gasteiger partial charge in [-0.3, -0.25) is 4.79 Å². The third kappa shape index (κ3) is 3.22. The molecule has 12 heavy (non-hydrogen) atoms. The lowest BCUT2D eigenvalue weighted by atomic mass is 9.91. The Hall–Kier alpha value is -0.570. The maximum Gasteiger partial charge on any atom is 0.323 e. The van der Waals surface area contributed by atoms with E-state index in [1.165, 1.54) is 0 Å². The van der Waals surface area contributed by atoms with E-state index in [-0.39, 0.29) is 0 Å². The second-order valence-electron chi connectivity index (χ2n) is 3.27. The molecule has 3 nitrogen and oxygen atoms in total. The summed E-state index contributed by atoms with van der Waals surface area (Å²) in [6, 6.07) is 0. The van der Waals surface area contributed by atoms with Gasteiger partial charge in [0.15, 0.2) is 0 Å². The van der Waals surface area contributed by atoms with E-state index < -0.39 is 11.5 Å². The molecule has 0 amide bonds. The minimum Gasteiger partial charge on any atom is -0.480 e. The molecule has 0 saturated carbocycles. The first-order valence-electron chi connectivity index (χ1n) is 4.59. The molecule has 0 radical (unpaired) electrons. The molecule has 0 fully saturated rings. The maximum absolute atomic E-state index is 10.7. The summed E-state index contributed by atoms with van der Waals surface area (Å²) in [7, 11) is 0. The smallest absolute Gasteiger partial charge is 0.323 e. The zero-order valence-electron chi connectivity index (χ0n) is 7.97. The number of unbranched alkanes of at least 4 members (excludes halogenated alkanes) is 2. The van der Waals surface area contributed by atoms with Crippen LogP contribution < -0.4 is 5.73 Å². The van der Waals surface area contributed by atoms with E-state index in [0.29, 0.717) is 12.8 Å². The van der Waals surface area contributed by atoms with Crippen LogP contribution in [0.15, 0.2) is 0 Å². The van der Waals surface area contributed by atoms with E-state index in [2.05, 4.69) is 6.92 Å². The van der Waals surface area contributed by atoms with E-state index in [1.54, 1.807) is 0 Å². The van der Waals surface area contributed by atoms with Crippen molar-refractivity contribution in [1.82, 2.24) is 0 Å². The largest absolute Gasteiger partial charge is 0.480 e. The van der Waals surface area contributed by atoms with Crippen molar-refractivity contribution in [3.63, 3.8) is 0 Å². The molecule has 0 rings (SSSR count). The van der Waals surface area contributed by atoms with Crippen LogP contribution in [0.2, 0.25) is 0 Å². The normalized spacial score (nSPS) is 15.6. The molecule has 0 aliphatic heterocycles. The highest BCUT2D eigenvalue weighted by Gasteiger charge is 2.30. The van der Waals surface area contributed by atoms with Crippen LogP contribution in [0.1, 0.15) is 46.0 Å². The van der Waals surface area contributed by atoms with Crippen molar-refractivity contribution in [2.75, 3.05) is 0 Å². The topological polar surface area (TPSA) is 63.3 Å². The Kier molecular flexibility index (Phi) is 4.90. The first-order chi connectivity index (χ1) is 5.56. The van der Waals surface area contributed by atoms with Crippen LogP contribution in [0.3, 0.4) is 0 Å². The molecule has 3 N–H and O–H groups in total. The molecule has 0 aromatic heterocycles. The van der Waals surface area contributed by atoms with Crippen molar-refractivity contribution >= 4 is 5.97 Å². The number of hydrogen-bond donors (Lipinski definition) is 2. The molecule has 0 saturated heterocycles. The van der Waals surface area contributed by atoms with Crippen LogP contribution in [0, 0.1) is 0 Å². The SMILES string of the molecule is CCCCC[C@](N)(CC)C(=O)O. The highest BCUT2D eigenvalue weighted by atomic mass is 16.4. The van der Waals surface area contributed by atoms with E-state index in [4.69, 9.17) is 10.8 Å². The van der Waals surface area contributed by atoms with Gasteiger partial charge in [-0.15, -0.1) is 0 Å². The van der Waals surface area contributed by atoms with Crippen LogP contribution in [-0.2, 0) is 4.79 Å². The van der Waals surface area contributed by atoms with E-state index in [0.717, 1.165) is 19.3 Å². The van der Waals surface area contributed by atoms with Gasteiger partial charge in [-0.05, 0) is 12.8 Å². The number of nitrogens with two attached hydrogens (primary N) is 1. The zero-order valence-corrected chi connectivity index (χ0v) is 7.97. The van der Waals surface area contributed by atoms with Crippen LogP contribution >= 0.6 is 0 Å². The minimum absolute atomic E-state index is 0.506. The van der Waals surface area contributed by atoms with Crippen molar-refractivity contribution in [3.05, 3.63) is 0 Å². The lowest BCUT2D eigenvalue weighted by Crippen LogP contribution is -2.47. The Bertz CT molecular complexity index is 147. The Morgan fingerprint density at radius 1 is 1.42 bits per heavy atom. The molecule has 0 spiro atoms. The quantitative estimate of drug-likeness (QED) is 0.601. The monoisotopic (exact) mass is 173 g/mol. The zero-order chi connectivity index (χ0) is 9.61. The molecule has 3 heteroatoms. The number of hydrogen-bond acceptors (Lipinski definition) is 2. The van der Waals surface area contributed by atoms with Gasteiger partial charge in [-0.25, -0.2) is 0 Å². The van der Waals surface area contributed by atoms with Gasteiger partial charge in [-0.1, -0.05) is 33.1 Å². The van der Waals surface area contributed by atoms with Gasteiger partial charge in [0.1, 0.15) is 5.54 Å². The lowest BCUT2D eigenvalue weighted by Gasteiger charge is -2.22. The summed E-state index contributed by atoms with van der Waals surface area (Å²) in [4.78, 5) is 10.7. The summed E-state index contributed by atoms with van der Waals surface area (Å²) >= 11 is 0.